The van der Waals surface area contributed by atoms with Gasteiger partial charge in [0.05, 0.1) is 0 Å². The summed E-state index contributed by atoms with van der Waals surface area (Å²) < 4.78 is 31.9. The van der Waals surface area contributed by atoms with Crippen LogP contribution in [0.25, 0.3) is 11.0 Å². The first-order valence-electron chi connectivity index (χ1n) is 6.91. The van der Waals surface area contributed by atoms with Crippen LogP contribution in [0.3, 0.4) is 0 Å². The Kier molecular flexibility index (Phi) is 3.52. The third-order valence-electron chi connectivity index (χ3n) is 3.87. The van der Waals surface area contributed by atoms with Gasteiger partial charge in [0.2, 0.25) is 10.0 Å². The average molecular weight is 294 g/mol. The first-order valence-corrected chi connectivity index (χ1v) is 8.51. The predicted octanol–water partition coefficient (Wildman–Crippen LogP) is 2.53. The van der Waals surface area contributed by atoms with Crippen molar-refractivity contribution in [3.8, 4) is 0 Å². The lowest BCUT2D eigenvalue weighted by Gasteiger charge is -2.32. The number of fused-ring (bicyclic) bond motifs is 1. The lowest BCUT2D eigenvalue weighted by Crippen LogP contribution is -2.42. The minimum atomic E-state index is -3.34. The normalized spacial score (nSPS) is 21.4. The summed E-state index contributed by atoms with van der Waals surface area (Å²) in [6.07, 6.45) is 2.96. The fraction of sp³-hybridized carbons (Fsp3) is 0.500. The summed E-state index contributed by atoms with van der Waals surface area (Å²) in [5.74, 6) is -0.0889. The molecule has 1 aliphatic rings. The molecule has 2 aromatic rings. The fourth-order valence-corrected chi connectivity index (χ4v) is 4.56. The highest BCUT2D eigenvalue weighted by atomic mass is 32.2. The van der Waals surface area contributed by atoms with Gasteiger partial charge < -0.3 is 4.52 Å². The van der Waals surface area contributed by atoms with Crippen LogP contribution in [0, 0.1) is 0 Å². The van der Waals surface area contributed by atoms with Gasteiger partial charge >= 0.3 is 0 Å². The minimum Gasteiger partial charge on any atom is -0.356 e. The van der Waals surface area contributed by atoms with E-state index < -0.39 is 10.0 Å². The molecule has 1 aromatic carbocycles. The van der Waals surface area contributed by atoms with Crippen molar-refractivity contribution in [2.45, 2.75) is 38.0 Å². The first-order chi connectivity index (χ1) is 9.58. The zero-order valence-corrected chi connectivity index (χ0v) is 12.3. The monoisotopic (exact) mass is 294 g/mol. The number of rotatable bonds is 3. The van der Waals surface area contributed by atoms with Crippen LogP contribution in [-0.4, -0.2) is 30.5 Å². The number of para-hydroxylation sites is 1. The van der Waals surface area contributed by atoms with Gasteiger partial charge in [0.15, 0.2) is 5.58 Å². The number of hydrogen-bond acceptors (Lipinski definition) is 4. The van der Waals surface area contributed by atoms with Crippen LogP contribution in [0.5, 0.6) is 0 Å². The Hall–Kier alpha value is -1.40. The van der Waals surface area contributed by atoms with Crippen LogP contribution >= 0.6 is 0 Å². The van der Waals surface area contributed by atoms with Gasteiger partial charge in [0.1, 0.15) is 11.4 Å². The number of hydrogen-bond donors (Lipinski definition) is 0. The number of benzene rings is 1. The largest absolute Gasteiger partial charge is 0.356 e. The molecule has 1 aromatic heterocycles. The van der Waals surface area contributed by atoms with Crippen LogP contribution in [0.1, 0.15) is 31.9 Å². The van der Waals surface area contributed by atoms with Crippen LogP contribution in [0.2, 0.25) is 0 Å². The second-order valence-corrected chi connectivity index (χ2v) is 7.26. The highest BCUT2D eigenvalue weighted by Crippen LogP contribution is 2.25. The van der Waals surface area contributed by atoms with Crippen LogP contribution in [-0.2, 0) is 15.8 Å². The SMILES string of the molecule is CC1CCCCN1S(=O)(=O)Cc1noc2ccccc12. The van der Waals surface area contributed by atoms with Crippen molar-refractivity contribution >= 4 is 21.0 Å². The first kappa shape index (κ1) is 13.6. The third-order valence-corrected chi connectivity index (χ3v) is 5.77. The molecular weight excluding hydrogens is 276 g/mol. The van der Waals surface area contributed by atoms with Gasteiger partial charge in [-0.25, -0.2) is 8.42 Å². The van der Waals surface area contributed by atoms with Gasteiger partial charge in [-0.2, -0.15) is 4.31 Å². The van der Waals surface area contributed by atoms with Crippen molar-refractivity contribution in [2.75, 3.05) is 6.54 Å². The molecular formula is C14H18N2O3S. The molecule has 0 aliphatic carbocycles. The third kappa shape index (κ3) is 2.45. The number of nitrogens with zero attached hydrogens (tertiary/aromatic N) is 2. The molecule has 0 bridgehead atoms. The highest BCUT2D eigenvalue weighted by molar-refractivity contribution is 7.88. The molecule has 0 amide bonds. The summed E-state index contributed by atoms with van der Waals surface area (Å²) in [5.41, 5.74) is 1.13. The van der Waals surface area contributed by atoms with Crippen molar-refractivity contribution in [3.63, 3.8) is 0 Å². The van der Waals surface area contributed by atoms with Gasteiger partial charge in [0.25, 0.3) is 0 Å². The Morgan fingerprint density at radius 3 is 2.95 bits per heavy atom. The van der Waals surface area contributed by atoms with Crippen LogP contribution < -0.4 is 0 Å². The molecule has 2 heterocycles. The Balaban J connectivity index is 1.89. The van der Waals surface area contributed by atoms with Crippen LogP contribution in [0.15, 0.2) is 28.8 Å². The van der Waals surface area contributed by atoms with Crippen molar-refractivity contribution in [2.24, 2.45) is 0 Å². The second kappa shape index (κ2) is 5.18. The quantitative estimate of drug-likeness (QED) is 0.872. The van der Waals surface area contributed by atoms with Crippen molar-refractivity contribution < 1.29 is 12.9 Å². The van der Waals surface area contributed by atoms with Gasteiger partial charge in [-0.1, -0.05) is 23.7 Å². The molecule has 108 valence electrons. The van der Waals surface area contributed by atoms with Gasteiger partial charge in [0, 0.05) is 18.0 Å². The lowest BCUT2D eigenvalue weighted by molar-refractivity contribution is 0.268. The Bertz CT molecular complexity index is 708. The zero-order chi connectivity index (χ0) is 14.2. The number of aromatic nitrogens is 1. The summed E-state index contributed by atoms with van der Waals surface area (Å²) in [4.78, 5) is 0. The van der Waals surface area contributed by atoms with Gasteiger partial charge in [-0.3, -0.25) is 0 Å². The molecule has 1 saturated heterocycles. The molecule has 0 radical (unpaired) electrons. The van der Waals surface area contributed by atoms with Crippen molar-refractivity contribution in [1.82, 2.24) is 9.46 Å². The topological polar surface area (TPSA) is 63.4 Å². The molecule has 1 unspecified atom stereocenters. The van der Waals surface area contributed by atoms with E-state index in [-0.39, 0.29) is 11.8 Å². The van der Waals surface area contributed by atoms with Gasteiger partial charge in [-0.15, -0.1) is 0 Å². The maximum absolute atomic E-state index is 12.6. The van der Waals surface area contributed by atoms with Gasteiger partial charge in [-0.05, 0) is 31.9 Å². The minimum absolute atomic E-state index is 0.0758. The molecule has 0 saturated carbocycles. The maximum atomic E-state index is 12.6. The Morgan fingerprint density at radius 2 is 2.15 bits per heavy atom. The Labute approximate surface area is 118 Å². The van der Waals surface area contributed by atoms with E-state index in [1.54, 1.807) is 10.4 Å². The predicted molar refractivity (Wildman–Crippen MR) is 76.7 cm³/mol. The van der Waals surface area contributed by atoms with E-state index in [9.17, 15) is 8.42 Å². The molecule has 1 aliphatic heterocycles. The highest BCUT2D eigenvalue weighted by Gasteiger charge is 2.30. The van der Waals surface area contributed by atoms with E-state index in [0.29, 0.717) is 17.8 Å². The molecule has 3 rings (SSSR count). The zero-order valence-electron chi connectivity index (χ0n) is 11.4. The van der Waals surface area contributed by atoms with E-state index >= 15 is 0 Å². The molecule has 20 heavy (non-hydrogen) atoms. The van der Waals surface area contributed by atoms with E-state index in [2.05, 4.69) is 5.16 Å². The molecule has 1 fully saturated rings. The molecule has 0 spiro atoms. The summed E-state index contributed by atoms with van der Waals surface area (Å²) in [6.45, 7) is 2.58. The average Bonchev–Trinajstić information content (AvgIpc) is 2.82. The van der Waals surface area contributed by atoms with E-state index in [1.807, 2.05) is 25.1 Å². The summed E-state index contributed by atoms with van der Waals surface area (Å²) in [5, 5.41) is 4.70. The maximum Gasteiger partial charge on any atom is 0.220 e. The van der Waals surface area contributed by atoms with Crippen molar-refractivity contribution in [3.05, 3.63) is 30.0 Å². The summed E-state index contributed by atoms with van der Waals surface area (Å²) in [7, 11) is -3.34. The standard InChI is InChI=1S/C14H18N2O3S/c1-11-6-4-5-9-16(11)20(17,18)10-13-12-7-2-3-8-14(12)19-15-13/h2-3,7-8,11H,4-6,9-10H2,1H3. The Morgan fingerprint density at radius 1 is 1.35 bits per heavy atom. The van der Waals surface area contributed by atoms with Crippen LogP contribution in [0.4, 0.5) is 0 Å². The number of piperidine rings is 1. The number of sulfonamides is 1. The summed E-state index contributed by atoms with van der Waals surface area (Å²) in [6, 6.07) is 7.42. The van der Waals surface area contributed by atoms with E-state index in [1.165, 1.54) is 0 Å². The lowest BCUT2D eigenvalue weighted by atomic mass is 10.1. The second-order valence-electron chi connectivity index (χ2n) is 5.34. The van der Waals surface area contributed by atoms with E-state index in [4.69, 9.17) is 4.52 Å². The summed E-state index contributed by atoms with van der Waals surface area (Å²) >= 11 is 0. The van der Waals surface area contributed by atoms with Crippen molar-refractivity contribution in [1.29, 1.82) is 0 Å². The fourth-order valence-electron chi connectivity index (χ4n) is 2.78. The molecule has 1 atom stereocenters. The van der Waals surface area contributed by atoms with E-state index in [0.717, 1.165) is 24.6 Å². The molecule has 0 N–H and O–H groups in total. The molecule has 6 heteroatoms. The smallest absolute Gasteiger partial charge is 0.220 e. The molecule has 5 nitrogen and oxygen atoms in total.